The number of thiol groups is 1. The second-order valence-electron chi connectivity index (χ2n) is 1.96. The van der Waals surface area contributed by atoms with E-state index in [-0.39, 0.29) is 0 Å². The van der Waals surface area contributed by atoms with Gasteiger partial charge in [0.2, 0.25) is 0 Å². The van der Waals surface area contributed by atoms with Gasteiger partial charge in [0.1, 0.15) is 0 Å². The van der Waals surface area contributed by atoms with Crippen molar-refractivity contribution in [3.63, 3.8) is 0 Å². The van der Waals surface area contributed by atoms with E-state index in [9.17, 15) is 0 Å². The third-order valence-corrected chi connectivity index (χ3v) is 2.35. The lowest BCUT2D eigenvalue weighted by molar-refractivity contribution is 0.962. The predicted molar refractivity (Wildman–Crippen MR) is 51.2 cm³/mol. The van der Waals surface area contributed by atoms with Gasteiger partial charge in [-0.05, 0) is 18.2 Å². The molecule has 1 aromatic rings. The van der Waals surface area contributed by atoms with Crippen LogP contribution in [0.25, 0.3) is 0 Å². The van der Waals surface area contributed by atoms with Crippen molar-refractivity contribution < 1.29 is 0 Å². The van der Waals surface area contributed by atoms with Crippen molar-refractivity contribution in [1.82, 2.24) is 9.97 Å². The van der Waals surface area contributed by atoms with Crippen molar-refractivity contribution in [3.8, 4) is 0 Å². The van der Waals surface area contributed by atoms with E-state index in [4.69, 9.17) is 0 Å². The summed E-state index contributed by atoms with van der Waals surface area (Å²) in [5.41, 5.74) is 0. The third-order valence-electron chi connectivity index (χ3n) is 1.08. The van der Waals surface area contributed by atoms with E-state index in [1.54, 1.807) is 24.2 Å². The van der Waals surface area contributed by atoms with Gasteiger partial charge in [0.05, 0.1) is 0 Å². The monoisotopic (exact) mass is 186 g/mol. The number of hydrogen-bond donors (Lipinski definition) is 1. The summed E-state index contributed by atoms with van der Waals surface area (Å²) in [5.74, 6) is 1.98. The Labute approximate surface area is 76.2 Å². The summed E-state index contributed by atoms with van der Waals surface area (Å²) in [6.45, 7) is 0. The maximum absolute atomic E-state index is 4.11. The molecule has 11 heavy (non-hydrogen) atoms. The first-order valence-corrected chi connectivity index (χ1v) is 5.06. The maximum Gasteiger partial charge on any atom is 0.187 e. The standard InChI is InChI=1S/C7H10N2S2/c10-5-2-6-11-7-8-3-1-4-9-7/h1,3-4,10H,2,5-6H2. The van der Waals surface area contributed by atoms with Gasteiger partial charge in [-0.3, -0.25) is 0 Å². The van der Waals surface area contributed by atoms with Crippen molar-refractivity contribution in [2.75, 3.05) is 11.5 Å². The average Bonchev–Trinajstić information content (AvgIpc) is 2.07. The van der Waals surface area contributed by atoms with Crippen molar-refractivity contribution in [2.24, 2.45) is 0 Å². The quantitative estimate of drug-likeness (QED) is 0.336. The Balaban J connectivity index is 2.28. The van der Waals surface area contributed by atoms with Gasteiger partial charge >= 0.3 is 0 Å². The predicted octanol–water partition coefficient (Wildman–Crippen LogP) is 1.89. The van der Waals surface area contributed by atoms with Crippen molar-refractivity contribution >= 4 is 24.4 Å². The number of thioether (sulfide) groups is 1. The van der Waals surface area contributed by atoms with Gasteiger partial charge in [-0.2, -0.15) is 12.6 Å². The van der Waals surface area contributed by atoms with E-state index < -0.39 is 0 Å². The van der Waals surface area contributed by atoms with Gasteiger partial charge in [-0.1, -0.05) is 11.8 Å². The summed E-state index contributed by atoms with van der Waals surface area (Å²) in [5, 5.41) is 0.856. The summed E-state index contributed by atoms with van der Waals surface area (Å²) in [7, 11) is 0. The Bertz CT molecular complexity index is 191. The first-order valence-electron chi connectivity index (χ1n) is 3.44. The third kappa shape index (κ3) is 3.62. The molecule has 0 saturated carbocycles. The summed E-state index contributed by atoms with van der Waals surface area (Å²) in [6.07, 6.45) is 4.62. The molecule has 4 heteroatoms. The van der Waals surface area contributed by atoms with Gasteiger partial charge in [0, 0.05) is 18.1 Å². The molecule has 1 heterocycles. The van der Waals surface area contributed by atoms with Crippen LogP contribution in [0.3, 0.4) is 0 Å². The normalized spacial score (nSPS) is 9.91. The first kappa shape index (κ1) is 8.87. The van der Waals surface area contributed by atoms with E-state index in [2.05, 4.69) is 22.6 Å². The molecule has 0 spiro atoms. The Morgan fingerprint density at radius 3 is 2.73 bits per heavy atom. The highest BCUT2D eigenvalue weighted by Crippen LogP contribution is 2.11. The molecule has 1 rings (SSSR count). The molecule has 60 valence electrons. The molecule has 0 bridgehead atoms. The van der Waals surface area contributed by atoms with E-state index in [0.717, 1.165) is 23.1 Å². The highest BCUT2D eigenvalue weighted by atomic mass is 32.2. The van der Waals surface area contributed by atoms with E-state index in [0.29, 0.717) is 0 Å². The molecule has 0 unspecified atom stereocenters. The number of hydrogen-bond acceptors (Lipinski definition) is 4. The van der Waals surface area contributed by atoms with Gasteiger partial charge in [-0.25, -0.2) is 9.97 Å². The van der Waals surface area contributed by atoms with E-state index >= 15 is 0 Å². The van der Waals surface area contributed by atoms with Gasteiger partial charge < -0.3 is 0 Å². The van der Waals surface area contributed by atoms with Gasteiger partial charge in [-0.15, -0.1) is 0 Å². The van der Waals surface area contributed by atoms with Crippen LogP contribution in [0, 0.1) is 0 Å². The topological polar surface area (TPSA) is 25.8 Å². The average molecular weight is 186 g/mol. The van der Waals surface area contributed by atoms with Crippen molar-refractivity contribution in [3.05, 3.63) is 18.5 Å². The summed E-state index contributed by atoms with van der Waals surface area (Å²) < 4.78 is 0. The number of rotatable bonds is 4. The first-order chi connectivity index (χ1) is 5.43. The Kier molecular flexibility index (Phi) is 4.38. The van der Waals surface area contributed by atoms with Crippen LogP contribution in [0.2, 0.25) is 0 Å². The second kappa shape index (κ2) is 5.43. The minimum absolute atomic E-state index is 0.856. The highest BCUT2D eigenvalue weighted by molar-refractivity contribution is 7.99. The Morgan fingerprint density at radius 2 is 2.09 bits per heavy atom. The molecule has 0 fully saturated rings. The van der Waals surface area contributed by atoms with Crippen molar-refractivity contribution in [2.45, 2.75) is 11.6 Å². The molecular weight excluding hydrogens is 176 g/mol. The van der Waals surface area contributed by atoms with Gasteiger partial charge in [0.25, 0.3) is 0 Å². The minimum Gasteiger partial charge on any atom is -0.231 e. The molecule has 0 aromatic carbocycles. The fourth-order valence-corrected chi connectivity index (χ4v) is 1.70. The van der Waals surface area contributed by atoms with Crippen LogP contribution in [-0.2, 0) is 0 Å². The second-order valence-corrected chi connectivity index (χ2v) is 3.47. The van der Waals surface area contributed by atoms with Crippen LogP contribution >= 0.6 is 24.4 Å². The fourth-order valence-electron chi connectivity index (χ4n) is 0.588. The molecule has 0 N–H and O–H groups in total. The molecule has 0 aliphatic rings. The number of aromatic nitrogens is 2. The minimum atomic E-state index is 0.856. The number of nitrogens with zero attached hydrogens (tertiary/aromatic N) is 2. The molecule has 0 atom stereocenters. The highest BCUT2D eigenvalue weighted by Gasteiger charge is 1.92. The van der Waals surface area contributed by atoms with Crippen LogP contribution < -0.4 is 0 Å². The summed E-state index contributed by atoms with van der Waals surface area (Å²) in [4.78, 5) is 8.15. The molecule has 0 amide bonds. The molecule has 0 aliphatic carbocycles. The van der Waals surface area contributed by atoms with E-state index in [1.807, 2.05) is 6.07 Å². The van der Waals surface area contributed by atoms with Crippen LogP contribution in [-0.4, -0.2) is 21.5 Å². The molecule has 0 radical (unpaired) electrons. The Morgan fingerprint density at radius 1 is 1.36 bits per heavy atom. The van der Waals surface area contributed by atoms with Crippen LogP contribution in [0.4, 0.5) is 0 Å². The lowest BCUT2D eigenvalue weighted by Gasteiger charge is -1.95. The largest absolute Gasteiger partial charge is 0.231 e. The maximum atomic E-state index is 4.11. The molecule has 0 saturated heterocycles. The smallest absolute Gasteiger partial charge is 0.187 e. The lowest BCUT2D eigenvalue weighted by Crippen LogP contribution is -1.86. The SMILES string of the molecule is SCCCSc1ncccn1. The van der Waals surface area contributed by atoms with E-state index in [1.165, 1.54) is 0 Å². The lowest BCUT2D eigenvalue weighted by atomic mass is 10.6. The summed E-state index contributed by atoms with van der Waals surface area (Å²) in [6, 6.07) is 1.82. The van der Waals surface area contributed by atoms with Crippen LogP contribution in [0.1, 0.15) is 6.42 Å². The molecule has 2 nitrogen and oxygen atoms in total. The Hall–Kier alpha value is -0.220. The molecular formula is C7H10N2S2. The summed E-state index contributed by atoms with van der Waals surface area (Å²) >= 11 is 5.79. The zero-order chi connectivity index (χ0) is 7.94. The fraction of sp³-hybridized carbons (Fsp3) is 0.429. The zero-order valence-electron chi connectivity index (χ0n) is 6.10. The van der Waals surface area contributed by atoms with Gasteiger partial charge in [0.15, 0.2) is 5.16 Å². The molecule has 1 aromatic heterocycles. The van der Waals surface area contributed by atoms with Crippen LogP contribution in [0.15, 0.2) is 23.6 Å². The molecule has 0 aliphatic heterocycles. The van der Waals surface area contributed by atoms with Crippen molar-refractivity contribution in [1.29, 1.82) is 0 Å². The van der Waals surface area contributed by atoms with Crippen LogP contribution in [0.5, 0.6) is 0 Å². The zero-order valence-corrected chi connectivity index (χ0v) is 7.81.